The normalized spacial score (nSPS) is 9.62. The molecule has 8 heavy (non-hydrogen) atoms. The van der Waals surface area contributed by atoms with Crippen LogP contribution in [0.15, 0.2) is 15.5 Å². The minimum Gasteiger partial charge on any atom is -0.522 e. The molecule has 0 aliphatic heterocycles. The molecule has 44 valence electrons. The van der Waals surface area contributed by atoms with Crippen LogP contribution in [0.1, 0.15) is 6.92 Å². The van der Waals surface area contributed by atoms with Gasteiger partial charge in [0.1, 0.15) is 0 Å². The fraction of sp³-hybridized carbons (Fsp3) is 0.400. The van der Waals surface area contributed by atoms with E-state index >= 15 is 0 Å². The second kappa shape index (κ2) is 1.86. The van der Waals surface area contributed by atoms with Gasteiger partial charge in [-0.15, -0.1) is 6.20 Å². The minimum absolute atomic E-state index is 0.340. The van der Waals surface area contributed by atoms with Gasteiger partial charge in [-0.3, -0.25) is 0 Å². The first-order chi connectivity index (χ1) is 3.84. The van der Waals surface area contributed by atoms with Crippen molar-refractivity contribution in [3.63, 3.8) is 0 Å². The molecule has 0 atom stereocenters. The monoisotopic (exact) mass is 112 g/mol. The van der Waals surface area contributed by atoms with Gasteiger partial charge < -0.3 is 13.8 Å². The van der Waals surface area contributed by atoms with Crippen molar-refractivity contribution in [2.75, 3.05) is 0 Å². The Balaban J connectivity index is 3.11. The van der Waals surface area contributed by atoms with Crippen molar-refractivity contribution in [2.24, 2.45) is 0 Å². The summed E-state index contributed by atoms with van der Waals surface area (Å²) in [5.41, 5.74) is 0. The highest BCUT2D eigenvalue weighted by Crippen LogP contribution is 1.76. The topological polar surface area (TPSA) is 35.1 Å². The molecule has 1 aromatic heterocycles. The molecule has 1 aromatic rings. The third-order valence-electron chi connectivity index (χ3n) is 0.905. The summed E-state index contributed by atoms with van der Waals surface area (Å²) >= 11 is 0. The molecular weight excluding hydrogens is 106 g/mol. The average molecular weight is 112 g/mol. The van der Waals surface area contributed by atoms with E-state index in [0.29, 0.717) is 6.54 Å². The van der Waals surface area contributed by atoms with Gasteiger partial charge in [0, 0.05) is 0 Å². The first-order valence-electron chi connectivity index (χ1n) is 2.40. The number of hydrogen-bond acceptors (Lipinski definition) is 2. The van der Waals surface area contributed by atoms with E-state index in [2.05, 4.69) is 10.6 Å². The van der Waals surface area contributed by atoms with Gasteiger partial charge in [0.15, 0.2) is 0 Å². The van der Waals surface area contributed by atoms with Crippen LogP contribution >= 0.6 is 0 Å². The molecule has 0 bridgehead atoms. The van der Waals surface area contributed by atoms with E-state index in [0.717, 1.165) is 0 Å². The highest BCUT2D eigenvalue weighted by Gasteiger charge is 1.76. The molecule has 0 radical (unpaired) electrons. The van der Waals surface area contributed by atoms with Crippen LogP contribution in [-0.2, 0) is 6.54 Å². The third kappa shape index (κ3) is 0.665. The first kappa shape index (κ1) is 5.15. The van der Waals surface area contributed by atoms with Gasteiger partial charge in [-0.25, -0.2) is 0 Å². The van der Waals surface area contributed by atoms with E-state index in [1.54, 1.807) is 0 Å². The standard InChI is InChI=1S/C5H6NO2/c1-2-6-3-4-8-5(6)7/h4H,2H2,1H3/q-1. The van der Waals surface area contributed by atoms with E-state index in [4.69, 9.17) is 0 Å². The summed E-state index contributed by atoms with van der Waals surface area (Å²) in [6.07, 6.45) is 3.85. The van der Waals surface area contributed by atoms with Gasteiger partial charge in [0.25, 0.3) is 5.76 Å². The van der Waals surface area contributed by atoms with E-state index in [1.807, 2.05) is 6.92 Å². The smallest absolute Gasteiger partial charge is 0.253 e. The zero-order valence-electron chi connectivity index (χ0n) is 4.55. The van der Waals surface area contributed by atoms with E-state index in [-0.39, 0.29) is 5.76 Å². The number of rotatable bonds is 1. The summed E-state index contributed by atoms with van der Waals surface area (Å²) in [6.45, 7) is 2.47. The molecule has 0 saturated carbocycles. The highest BCUT2D eigenvalue weighted by molar-refractivity contribution is 4.64. The van der Waals surface area contributed by atoms with Gasteiger partial charge >= 0.3 is 0 Å². The van der Waals surface area contributed by atoms with Gasteiger partial charge in [0.05, 0.1) is 0 Å². The Morgan fingerprint density at radius 2 is 2.75 bits per heavy atom. The van der Waals surface area contributed by atoms with Crippen LogP contribution in [0, 0.1) is 6.20 Å². The minimum atomic E-state index is -0.340. The Hall–Kier alpha value is -0.990. The van der Waals surface area contributed by atoms with Gasteiger partial charge in [-0.05, 0) is 19.7 Å². The van der Waals surface area contributed by atoms with Crippen molar-refractivity contribution < 1.29 is 4.42 Å². The maximum atomic E-state index is 10.4. The number of aromatic nitrogens is 1. The average Bonchev–Trinajstić information content (AvgIpc) is 2.14. The Bertz CT molecular complexity index is 210. The van der Waals surface area contributed by atoms with Gasteiger partial charge in [0.2, 0.25) is 0 Å². The second-order valence-electron chi connectivity index (χ2n) is 1.37. The lowest BCUT2D eigenvalue weighted by molar-refractivity contribution is 0.483. The predicted octanol–water partition coefficient (Wildman–Crippen LogP) is 0.261. The summed E-state index contributed by atoms with van der Waals surface area (Å²) in [7, 11) is 0. The van der Waals surface area contributed by atoms with Crippen molar-refractivity contribution in [1.82, 2.24) is 4.57 Å². The summed E-state index contributed by atoms with van der Waals surface area (Å²) in [5.74, 6) is -0.340. The Morgan fingerprint density at radius 3 is 3.00 bits per heavy atom. The lowest BCUT2D eigenvalue weighted by Crippen LogP contribution is -2.11. The van der Waals surface area contributed by atoms with Crippen LogP contribution in [0.2, 0.25) is 0 Å². The SMILES string of the molecule is CCn1[c-]coc1=O. The Labute approximate surface area is 46.5 Å². The molecule has 0 unspecified atom stereocenters. The zero-order valence-corrected chi connectivity index (χ0v) is 4.55. The van der Waals surface area contributed by atoms with Crippen molar-refractivity contribution in [2.45, 2.75) is 13.5 Å². The lowest BCUT2D eigenvalue weighted by atomic mass is 10.7. The maximum absolute atomic E-state index is 10.4. The van der Waals surface area contributed by atoms with E-state index < -0.39 is 0 Å². The number of nitrogens with zero attached hydrogens (tertiary/aromatic N) is 1. The molecule has 0 amide bonds. The van der Waals surface area contributed by atoms with E-state index in [1.165, 1.54) is 10.8 Å². The van der Waals surface area contributed by atoms with Crippen molar-refractivity contribution in [3.05, 3.63) is 23.0 Å². The summed E-state index contributed by atoms with van der Waals surface area (Å²) < 4.78 is 5.77. The molecule has 0 saturated heterocycles. The molecular formula is C5H6NO2-. The van der Waals surface area contributed by atoms with Crippen LogP contribution in [0.5, 0.6) is 0 Å². The molecule has 0 aliphatic carbocycles. The number of oxazole rings is 1. The molecule has 0 aromatic carbocycles. The van der Waals surface area contributed by atoms with Crippen LogP contribution in [0.4, 0.5) is 0 Å². The van der Waals surface area contributed by atoms with Crippen molar-refractivity contribution in [1.29, 1.82) is 0 Å². The fourth-order valence-electron chi connectivity index (χ4n) is 0.477. The fourth-order valence-corrected chi connectivity index (χ4v) is 0.477. The molecule has 1 rings (SSSR count). The predicted molar refractivity (Wildman–Crippen MR) is 27.5 cm³/mol. The Morgan fingerprint density at radius 1 is 2.00 bits per heavy atom. The summed E-state index contributed by atoms with van der Waals surface area (Å²) in [5, 5.41) is 0. The number of aryl methyl sites for hydroxylation is 1. The molecule has 0 spiro atoms. The third-order valence-corrected chi connectivity index (χ3v) is 0.905. The molecule has 1 heterocycles. The van der Waals surface area contributed by atoms with Crippen molar-refractivity contribution >= 4 is 0 Å². The second-order valence-corrected chi connectivity index (χ2v) is 1.37. The number of hydrogen-bond donors (Lipinski definition) is 0. The molecule has 0 N–H and O–H groups in total. The van der Waals surface area contributed by atoms with Crippen molar-refractivity contribution in [3.8, 4) is 0 Å². The van der Waals surface area contributed by atoms with Gasteiger partial charge in [-0.2, -0.15) is 0 Å². The van der Waals surface area contributed by atoms with Crippen LogP contribution in [0.25, 0.3) is 0 Å². The van der Waals surface area contributed by atoms with Crippen LogP contribution in [-0.4, -0.2) is 4.57 Å². The van der Waals surface area contributed by atoms with Gasteiger partial charge in [-0.1, -0.05) is 0 Å². The quantitative estimate of drug-likeness (QED) is 0.488. The van der Waals surface area contributed by atoms with Crippen LogP contribution < -0.4 is 5.76 Å². The lowest BCUT2D eigenvalue weighted by Gasteiger charge is -1.97. The van der Waals surface area contributed by atoms with E-state index in [9.17, 15) is 4.79 Å². The highest BCUT2D eigenvalue weighted by atomic mass is 16.4. The zero-order chi connectivity index (χ0) is 5.98. The molecule has 0 aliphatic rings. The first-order valence-corrected chi connectivity index (χ1v) is 2.40. The summed E-state index contributed by atoms with van der Waals surface area (Å²) in [4.78, 5) is 10.4. The Kier molecular flexibility index (Phi) is 1.20. The molecule has 3 nitrogen and oxygen atoms in total. The molecule has 3 heteroatoms. The largest absolute Gasteiger partial charge is 0.522 e. The van der Waals surface area contributed by atoms with Crippen LogP contribution in [0.3, 0.4) is 0 Å². The summed E-state index contributed by atoms with van der Waals surface area (Å²) in [6, 6.07) is 0. The maximum Gasteiger partial charge on any atom is 0.253 e. The molecule has 0 fully saturated rings.